The number of hydrogen-bond donors (Lipinski definition) is 1. The van der Waals surface area contributed by atoms with E-state index in [1.54, 1.807) is 0 Å². The molecule has 0 saturated heterocycles. The maximum atomic E-state index is 12.6. The van der Waals surface area contributed by atoms with Crippen molar-refractivity contribution in [1.82, 2.24) is 5.16 Å². The standard InChI is InChI=1S/C17H15BrN2O2/c1-9-14-15(10-5-7-11(18)8-6-10)16-12(3-2-4-13(16)21)19-17(14)22-20-9/h5-8,15,19H,2-4H2,1H3/t15-/m0/s1. The van der Waals surface area contributed by atoms with Gasteiger partial charge in [0, 0.05) is 28.1 Å². The molecular weight excluding hydrogens is 344 g/mol. The average molecular weight is 359 g/mol. The number of halogens is 1. The van der Waals surface area contributed by atoms with Crippen LogP contribution in [0.3, 0.4) is 0 Å². The van der Waals surface area contributed by atoms with Crippen LogP contribution in [-0.2, 0) is 4.79 Å². The summed E-state index contributed by atoms with van der Waals surface area (Å²) in [4.78, 5) is 12.6. The maximum Gasteiger partial charge on any atom is 0.233 e. The van der Waals surface area contributed by atoms with Gasteiger partial charge in [0.1, 0.15) is 0 Å². The number of nitrogens with zero attached hydrogens (tertiary/aromatic N) is 1. The van der Waals surface area contributed by atoms with E-state index in [4.69, 9.17) is 4.52 Å². The van der Waals surface area contributed by atoms with Gasteiger partial charge in [-0.1, -0.05) is 33.2 Å². The van der Waals surface area contributed by atoms with Crippen molar-refractivity contribution in [1.29, 1.82) is 0 Å². The molecule has 0 bridgehead atoms. The van der Waals surface area contributed by atoms with Crippen LogP contribution >= 0.6 is 15.9 Å². The third-order valence-electron chi connectivity index (χ3n) is 4.41. The first-order chi connectivity index (χ1) is 10.6. The summed E-state index contributed by atoms with van der Waals surface area (Å²) in [6.45, 7) is 1.93. The van der Waals surface area contributed by atoms with Gasteiger partial charge in [-0.05, 0) is 37.5 Å². The summed E-state index contributed by atoms with van der Waals surface area (Å²) < 4.78 is 6.46. The molecule has 0 amide bonds. The number of Topliss-reactive ketones (excluding diaryl/α,β-unsaturated/α-hetero) is 1. The van der Waals surface area contributed by atoms with Gasteiger partial charge < -0.3 is 9.84 Å². The van der Waals surface area contributed by atoms with E-state index >= 15 is 0 Å². The predicted molar refractivity (Wildman–Crippen MR) is 86.7 cm³/mol. The lowest BCUT2D eigenvalue weighted by molar-refractivity contribution is -0.116. The molecule has 4 rings (SSSR count). The van der Waals surface area contributed by atoms with E-state index in [2.05, 4.69) is 38.5 Å². The zero-order chi connectivity index (χ0) is 15.3. The van der Waals surface area contributed by atoms with Crippen LogP contribution in [0.5, 0.6) is 0 Å². The van der Waals surface area contributed by atoms with Crippen LogP contribution in [0.2, 0.25) is 0 Å². The Balaban J connectivity index is 1.94. The average Bonchev–Trinajstić information content (AvgIpc) is 2.88. The monoisotopic (exact) mass is 358 g/mol. The van der Waals surface area contributed by atoms with Gasteiger partial charge in [0.2, 0.25) is 5.88 Å². The van der Waals surface area contributed by atoms with Crippen LogP contribution in [0.25, 0.3) is 0 Å². The third kappa shape index (κ3) is 2.03. The molecule has 112 valence electrons. The molecule has 1 aliphatic heterocycles. The fraction of sp³-hybridized carbons (Fsp3) is 0.294. The van der Waals surface area contributed by atoms with Gasteiger partial charge in [-0.3, -0.25) is 4.79 Å². The number of allylic oxidation sites excluding steroid dienone is 2. The Labute approximate surface area is 136 Å². The molecule has 1 atom stereocenters. The largest absolute Gasteiger partial charge is 0.338 e. The van der Waals surface area contributed by atoms with E-state index in [0.717, 1.165) is 45.4 Å². The molecule has 0 saturated carbocycles. The minimum atomic E-state index is -0.0848. The number of ketones is 1. The molecule has 22 heavy (non-hydrogen) atoms. The lowest BCUT2D eigenvalue weighted by Crippen LogP contribution is -2.26. The minimum Gasteiger partial charge on any atom is -0.338 e. The number of aryl methyl sites for hydroxylation is 1. The molecule has 2 heterocycles. The Morgan fingerprint density at radius 2 is 2.05 bits per heavy atom. The highest BCUT2D eigenvalue weighted by Crippen LogP contribution is 2.46. The van der Waals surface area contributed by atoms with E-state index in [0.29, 0.717) is 12.3 Å². The van der Waals surface area contributed by atoms with Crippen molar-refractivity contribution in [2.75, 3.05) is 5.32 Å². The van der Waals surface area contributed by atoms with Gasteiger partial charge in [0.25, 0.3) is 0 Å². The van der Waals surface area contributed by atoms with Crippen molar-refractivity contribution in [2.45, 2.75) is 32.1 Å². The van der Waals surface area contributed by atoms with Crippen LogP contribution in [0.1, 0.15) is 42.0 Å². The zero-order valence-electron chi connectivity index (χ0n) is 12.1. The smallest absolute Gasteiger partial charge is 0.233 e. The van der Waals surface area contributed by atoms with E-state index < -0.39 is 0 Å². The Morgan fingerprint density at radius 1 is 1.27 bits per heavy atom. The summed E-state index contributed by atoms with van der Waals surface area (Å²) in [6, 6.07) is 8.13. The number of aromatic nitrogens is 1. The van der Waals surface area contributed by atoms with E-state index in [9.17, 15) is 4.79 Å². The third-order valence-corrected chi connectivity index (χ3v) is 4.94. The van der Waals surface area contributed by atoms with Gasteiger partial charge in [-0.25, -0.2) is 0 Å². The van der Waals surface area contributed by atoms with Crippen LogP contribution in [-0.4, -0.2) is 10.9 Å². The summed E-state index contributed by atoms with van der Waals surface area (Å²) >= 11 is 3.47. The second-order valence-corrected chi connectivity index (χ2v) is 6.70. The quantitative estimate of drug-likeness (QED) is 0.824. The van der Waals surface area contributed by atoms with Crippen molar-refractivity contribution in [3.63, 3.8) is 0 Å². The lowest BCUT2D eigenvalue weighted by Gasteiger charge is -2.31. The number of benzene rings is 1. The van der Waals surface area contributed by atoms with E-state index in [-0.39, 0.29) is 11.7 Å². The number of rotatable bonds is 1. The van der Waals surface area contributed by atoms with Crippen molar-refractivity contribution < 1.29 is 9.32 Å². The summed E-state index contributed by atoms with van der Waals surface area (Å²) in [7, 11) is 0. The topological polar surface area (TPSA) is 55.1 Å². The molecule has 0 fully saturated rings. The fourth-order valence-electron chi connectivity index (χ4n) is 3.41. The Bertz CT molecular complexity index is 789. The molecule has 1 N–H and O–H groups in total. The maximum absolute atomic E-state index is 12.6. The highest BCUT2D eigenvalue weighted by molar-refractivity contribution is 9.10. The van der Waals surface area contributed by atoms with Gasteiger partial charge in [0.15, 0.2) is 5.78 Å². The molecule has 1 aliphatic carbocycles. The Hall–Kier alpha value is -1.88. The zero-order valence-corrected chi connectivity index (χ0v) is 13.7. The normalized spacial score (nSPS) is 20.5. The highest BCUT2D eigenvalue weighted by atomic mass is 79.9. The van der Waals surface area contributed by atoms with E-state index in [1.807, 2.05) is 19.1 Å². The molecule has 2 aliphatic rings. The first kappa shape index (κ1) is 13.8. The van der Waals surface area contributed by atoms with Crippen molar-refractivity contribution in [2.24, 2.45) is 0 Å². The van der Waals surface area contributed by atoms with Crippen molar-refractivity contribution in [3.8, 4) is 0 Å². The number of anilines is 1. The van der Waals surface area contributed by atoms with Crippen LogP contribution < -0.4 is 5.32 Å². The number of hydrogen-bond acceptors (Lipinski definition) is 4. The number of fused-ring (bicyclic) bond motifs is 1. The highest BCUT2D eigenvalue weighted by Gasteiger charge is 2.38. The molecule has 4 nitrogen and oxygen atoms in total. The lowest BCUT2D eigenvalue weighted by atomic mass is 9.76. The molecule has 0 unspecified atom stereocenters. The molecule has 0 spiro atoms. The summed E-state index contributed by atoms with van der Waals surface area (Å²) in [5.41, 5.74) is 4.79. The Morgan fingerprint density at radius 3 is 2.82 bits per heavy atom. The van der Waals surface area contributed by atoms with Crippen LogP contribution in [0.4, 0.5) is 5.88 Å². The van der Waals surface area contributed by atoms with Crippen molar-refractivity contribution >= 4 is 27.6 Å². The molecule has 1 aromatic heterocycles. The van der Waals surface area contributed by atoms with Gasteiger partial charge >= 0.3 is 0 Å². The van der Waals surface area contributed by atoms with Crippen LogP contribution in [0, 0.1) is 6.92 Å². The number of carbonyl (C=O) groups excluding carboxylic acids is 1. The van der Waals surface area contributed by atoms with Gasteiger partial charge in [-0.15, -0.1) is 0 Å². The number of carbonyl (C=O) groups is 1. The second-order valence-electron chi connectivity index (χ2n) is 5.79. The second kappa shape index (κ2) is 5.09. The van der Waals surface area contributed by atoms with Gasteiger partial charge in [-0.2, -0.15) is 0 Å². The summed E-state index contributed by atoms with van der Waals surface area (Å²) in [5.74, 6) is 0.824. The predicted octanol–water partition coefficient (Wildman–Crippen LogP) is 4.31. The fourth-order valence-corrected chi connectivity index (χ4v) is 3.67. The number of nitrogens with one attached hydrogen (secondary N) is 1. The SMILES string of the molecule is Cc1noc2c1[C@H](c1ccc(Br)cc1)C1=C(CCCC1=O)N2. The van der Waals surface area contributed by atoms with Crippen molar-refractivity contribution in [3.05, 3.63) is 56.8 Å². The van der Waals surface area contributed by atoms with E-state index in [1.165, 1.54) is 0 Å². The molecule has 5 heteroatoms. The molecule has 0 radical (unpaired) electrons. The van der Waals surface area contributed by atoms with Crippen LogP contribution in [0.15, 0.2) is 44.5 Å². The minimum absolute atomic E-state index is 0.0848. The van der Waals surface area contributed by atoms with Gasteiger partial charge in [0.05, 0.1) is 11.3 Å². The molecular formula is C17H15BrN2O2. The first-order valence-corrected chi connectivity index (χ1v) is 8.19. The first-order valence-electron chi connectivity index (χ1n) is 7.40. The Kier molecular flexibility index (Phi) is 3.18. The summed E-state index contributed by atoms with van der Waals surface area (Å²) in [5, 5.41) is 7.37. The summed E-state index contributed by atoms with van der Waals surface area (Å²) in [6.07, 6.45) is 2.39. The molecule has 1 aromatic carbocycles. The molecule has 2 aromatic rings.